The normalized spacial score (nSPS) is 19.8. The molecule has 1 amide bonds. The third-order valence-corrected chi connectivity index (χ3v) is 5.11. The van der Waals surface area contributed by atoms with Crippen molar-refractivity contribution in [1.82, 2.24) is 5.32 Å². The van der Waals surface area contributed by atoms with Gasteiger partial charge >= 0.3 is 0 Å². The van der Waals surface area contributed by atoms with Gasteiger partial charge in [-0.1, -0.05) is 35.3 Å². The summed E-state index contributed by atoms with van der Waals surface area (Å²) in [5, 5.41) is 4.49. The smallest absolute Gasteiger partial charge is 0.258 e. The fourth-order valence-corrected chi connectivity index (χ4v) is 3.44. The number of carbonyl (C=O) groups excluding carboxylic acids is 1. The Hall–Kier alpha value is -1.75. The fraction of sp³-hybridized carbons (Fsp3) is 0.350. The maximum atomic E-state index is 12.1. The van der Waals surface area contributed by atoms with Crippen LogP contribution in [-0.4, -0.2) is 31.6 Å². The number of nitrogens with one attached hydrogen (secondary N) is 2. The first-order chi connectivity index (χ1) is 12.6. The molecule has 0 saturated carbocycles. The van der Waals surface area contributed by atoms with E-state index in [1.807, 2.05) is 12.1 Å². The summed E-state index contributed by atoms with van der Waals surface area (Å²) < 4.78 is 5.49. The molecule has 0 atom stereocenters. The molecule has 2 aromatic carbocycles. The van der Waals surface area contributed by atoms with Crippen molar-refractivity contribution in [1.29, 1.82) is 0 Å². The molecule has 0 aromatic heterocycles. The molecule has 1 saturated heterocycles. The molecule has 1 heterocycles. The predicted octanol–water partition coefficient (Wildman–Crippen LogP) is 2.74. The fourth-order valence-electron chi connectivity index (χ4n) is 3.19. The van der Waals surface area contributed by atoms with Crippen molar-refractivity contribution in [2.24, 2.45) is 0 Å². The van der Waals surface area contributed by atoms with Crippen molar-refractivity contribution >= 4 is 29.1 Å². The van der Waals surface area contributed by atoms with Crippen LogP contribution in [0.4, 0.5) is 0 Å². The number of carbonyl (C=O) groups is 1. The van der Waals surface area contributed by atoms with E-state index in [4.69, 9.17) is 27.9 Å². The van der Waals surface area contributed by atoms with Crippen LogP contribution in [0.2, 0.25) is 10.0 Å². The first kappa shape index (κ1) is 19.0. The van der Waals surface area contributed by atoms with E-state index in [0.717, 1.165) is 37.5 Å². The Morgan fingerprint density at radius 3 is 2.19 bits per heavy atom. The minimum Gasteiger partial charge on any atom is -0.484 e. The molecule has 2 N–H and O–H groups in total. The van der Waals surface area contributed by atoms with E-state index in [0.29, 0.717) is 10.8 Å². The molecule has 0 aliphatic carbocycles. The van der Waals surface area contributed by atoms with E-state index in [1.165, 1.54) is 10.5 Å². The molecule has 1 aliphatic rings. The van der Waals surface area contributed by atoms with Crippen LogP contribution in [0.5, 0.6) is 5.75 Å². The highest BCUT2D eigenvalue weighted by Crippen LogP contribution is 2.15. The van der Waals surface area contributed by atoms with E-state index in [9.17, 15) is 4.79 Å². The summed E-state index contributed by atoms with van der Waals surface area (Å²) in [5.74, 6) is 0.567. The van der Waals surface area contributed by atoms with Gasteiger partial charge in [-0.25, -0.2) is 0 Å². The lowest BCUT2D eigenvalue weighted by atomic mass is 10.0. The van der Waals surface area contributed by atoms with Crippen molar-refractivity contribution in [2.75, 3.05) is 19.7 Å². The maximum absolute atomic E-state index is 12.1. The zero-order valence-corrected chi connectivity index (χ0v) is 16.0. The molecular formula is C20H23Cl2N2O2+. The Morgan fingerprint density at radius 1 is 1.00 bits per heavy atom. The van der Waals surface area contributed by atoms with E-state index in [1.54, 1.807) is 24.3 Å². The Kier molecular flexibility index (Phi) is 6.78. The van der Waals surface area contributed by atoms with Gasteiger partial charge in [-0.2, -0.15) is 0 Å². The van der Waals surface area contributed by atoms with Crippen LogP contribution in [0, 0.1) is 0 Å². The van der Waals surface area contributed by atoms with Gasteiger partial charge in [-0.3, -0.25) is 4.79 Å². The predicted molar refractivity (Wildman–Crippen MR) is 104 cm³/mol. The van der Waals surface area contributed by atoms with E-state index >= 15 is 0 Å². The van der Waals surface area contributed by atoms with Gasteiger partial charge in [0.05, 0.1) is 13.1 Å². The van der Waals surface area contributed by atoms with Crippen molar-refractivity contribution in [3.05, 3.63) is 64.1 Å². The van der Waals surface area contributed by atoms with Crippen LogP contribution >= 0.6 is 23.2 Å². The number of hydrogen-bond donors (Lipinski definition) is 2. The second kappa shape index (κ2) is 9.26. The molecule has 0 unspecified atom stereocenters. The van der Waals surface area contributed by atoms with E-state index < -0.39 is 0 Å². The molecule has 1 fully saturated rings. The number of hydrogen-bond acceptors (Lipinski definition) is 2. The van der Waals surface area contributed by atoms with Crippen LogP contribution in [0.1, 0.15) is 18.4 Å². The average Bonchev–Trinajstić information content (AvgIpc) is 2.65. The molecule has 1 aliphatic heterocycles. The van der Waals surface area contributed by atoms with E-state index in [-0.39, 0.29) is 18.6 Å². The number of benzene rings is 2. The van der Waals surface area contributed by atoms with Gasteiger partial charge in [0.2, 0.25) is 0 Å². The van der Waals surface area contributed by atoms with Crippen LogP contribution in [0.15, 0.2) is 48.5 Å². The minimum atomic E-state index is -0.0777. The topological polar surface area (TPSA) is 42.8 Å². The number of likely N-dealkylation sites (tertiary alicyclic amines) is 1. The molecule has 26 heavy (non-hydrogen) atoms. The molecule has 0 bridgehead atoms. The molecule has 0 radical (unpaired) electrons. The highest BCUT2D eigenvalue weighted by atomic mass is 35.5. The lowest BCUT2D eigenvalue weighted by Crippen LogP contribution is -3.12. The summed E-state index contributed by atoms with van der Waals surface area (Å²) in [5.41, 5.74) is 1.29. The van der Waals surface area contributed by atoms with Gasteiger partial charge in [0.15, 0.2) is 6.61 Å². The lowest BCUT2D eigenvalue weighted by Gasteiger charge is -2.29. The highest BCUT2D eigenvalue weighted by molar-refractivity contribution is 6.30. The monoisotopic (exact) mass is 393 g/mol. The van der Waals surface area contributed by atoms with Crippen LogP contribution in [0.3, 0.4) is 0 Å². The van der Waals surface area contributed by atoms with Crippen LogP contribution in [0.25, 0.3) is 0 Å². The second-order valence-corrected chi connectivity index (χ2v) is 7.51. The van der Waals surface area contributed by atoms with Gasteiger partial charge in [0.1, 0.15) is 12.3 Å². The Balaban J connectivity index is 1.37. The molecular weight excluding hydrogens is 371 g/mol. The Bertz CT molecular complexity index is 712. The summed E-state index contributed by atoms with van der Waals surface area (Å²) in [4.78, 5) is 13.6. The number of rotatable bonds is 6. The van der Waals surface area contributed by atoms with E-state index in [2.05, 4.69) is 17.4 Å². The van der Waals surface area contributed by atoms with Gasteiger partial charge in [0.25, 0.3) is 5.91 Å². The molecule has 138 valence electrons. The van der Waals surface area contributed by atoms with Crippen molar-refractivity contribution in [3.8, 4) is 5.75 Å². The summed E-state index contributed by atoms with van der Waals surface area (Å²) in [7, 11) is 0. The van der Waals surface area contributed by atoms with Crippen LogP contribution < -0.4 is 15.0 Å². The first-order valence-electron chi connectivity index (χ1n) is 8.84. The van der Waals surface area contributed by atoms with Crippen molar-refractivity contribution in [3.63, 3.8) is 0 Å². The SMILES string of the molecule is O=C(COc1ccc(Cl)cc1)NC1CC[NH+](Cc2ccc(Cl)cc2)CC1. The van der Waals surface area contributed by atoms with Crippen LogP contribution in [-0.2, 0) is 11.3 Å². The van der Waals surface area contributed by atoms with Crippen molar-refractivity contribution in [2.45, 2.75) is 25.4 Å². The standard InChI is InChI=1S/C20H22Cl2N2O2/c21-16-3-1-15(2-4-16)13-24-11-9-18(10-12-24)23-20(25)14-26-19-7-5-17(22)6-8-19/h1-8,18H,9-14H2,(H,23,25)/p+1. The van der Waals surface area contributed by atoms with Gasteiger partial charge in [-0.15, -0.1) is 0 Å². The van der Waals surface area contributed by atoms with Crippen molar-refractivity contribution < 1.29 is 14.4 Å². The number of amides is 1. The van der Waals surface area contributed by atoms with Gasteiger partial charge < -0.3 is 15.0 Å². The number of quaternary nitrogens is 1. The number of halogens is 2. The largest absolute Gasteiger partial charge is 0.484 e. The summed E-state index contributed by atoms with van der Waals surface area (Å²) >= 11 is 11.8. The molecule has 6 heteroatoms. The maximum Gasteiger partial charge on any atom is 0.258 e. The molecule has 3 rings (SSSR count). The Labute approximate surface area is 164 Å². The lowest BCUT2D eigenvalue weighted by molar-refractivity contribution is -0.918. The zero-order valence-electron chi connectivity index (χ0n) is 14.5. The zero-order chi connectivity index (χ0) is 18.4. The summed E-state index contributed by atoms with van der Waals surface area (Å²) in [6.07, 6.45) is 1.96. The van der Waals surface area contributed by atoms with Gasteiger partial charge in [0, 0.05) is 34.5 Å². The third-order valence-electron chi connectivity index (χ3n) is 4.61. The third kappa shape index (κ3) is 5.90. The molecule has 0 spiro atoms. The first-order valence-corrected chi connectivity index (χ1v) is 9.60. The second-order valence-electron chi connectivity index (χ2n) is 6.64. The number of piperidine rings is 1. The Morgan fingerprint density at radius 2 is 1.58 bits per heavy atom. The number of ether oxygens (including phenoxy) is 1. The average molecular weight is 394 g/mol. The van der Waals surface area contributed by atoms with Gasteiger partial charge in [-0.05, 0) is 36.4 Å². The summed E-state index contributed by atoms with van der Waals surface area (Å²) in [6.45, 7) is 3.12. The highest BCUT2D eigenvalue weighted by Gasteiger charge is 2.23. The quantitative estimate of drug-likeness (QED) is 0.792. The minimum absolute atomic E-state index is 0.0273. The summed E-state index contributed by atoms with van der Waals surface area (Å²) in [6, 6.07) is 15.3. The molecule has 4 nitrogen and oxygen atoms in total. The molecule has 2 aromatic rings.